The maximum Gasteiger partial charge on any atom is 0.106 e. The van der Waals surface area contributed by atoms with Crippen LogP contribution in [-0.2, 0) is 6.42 Å². The van der Waals surface area contributed by atoms with Gasteiger partial charge in [0.05, 0.1) is 0 Å². The van der Waals surface area contributed by atoms with Crippen molar-refractivity contribution < 1.29 is 0 Å². The van der Waals surface area contributed by atoms with Gasteiger partial charge in [0.25, 0.3) is 0 Å². The average Bonchev–Trinajstić information content (AvgIpc) is 2.09. The number of nitrogens with two attached hydrogens (primary N) is 1. The lowest BCUT2D eigenvalue weighted by Crippen LogP contribution is -2.24. The van der Waals surface area contributed by atoms with Crippen molar-refractivity contribution in [3.05, 3.63) is 28.5 Å². The predicted octanol–water partition coefficient (Wildman–Crippen LogP) is 1.64. The van der Waals surface area contributed by atoms with Gasteiger partial charge >= 0.3 is 0 Å². The molecule has 0 radical (unpaired) electrons. The zero-order valence-corrected chi connectivity index (χ0v) is 9.05. The van der Waals surface area contributed by atoms with E-state index in [2.05, 4.69) is 33.5 Å². The second kappa shape index (κ2) is 4.84. The molecule has 0 aliphatic carbocycles. The molecule has 0 aliphatic rings. The first-order valence-electron chi connectivity index (χ1n) is 3.69. The zero-order valence-electron chi connectivity index (χ0n) is 6.57. The van der Waals surface area contributed by atoms with Gasteiger partial charge in [0.1, 0.15) is 4.60 Å². The van der Waals surface area contributed by atoms with Crippen LogP contribution in [0.2, 0.25) is 0 Å². The highest BCUT2D eigenvalue weighted by Gasteiger charge is 2.01. The minimum Gasteiger partial charge on any atom is -0.327 e. The first-order valence-corrected chi connectivity index (χ1v) is 5.12. The van der Waals surface area contributed by atoms with Crippen molar-refractivity contribution >= 4 is 28.6 Å². The minimum atomic E-state index is 0.122. The number of nitrogens with zero attached hydrogens (tertiary/aromatic N) is 1. The number of hydrogen-bond donors (Lipinski definition) is 2. The summed E-state index contributed by atoms with van der Waals surface area (Å²) < 4.78 is 0.852. The van der Waals surface area contributed by atoms with Crippen LogP contribution in [-0.4, -0.2) is 16.8 Å². The molecular formula is C8H11BrN2S. The number of thiol groups is 1. The maximum atomic E-state index is 5.73. The van der Waals surface area contributed by atoms with E-state index in [1.54, 1.807) is 0 Å². The van der Waals surface area contributed by atoms with E-state index in [0.29, 0.717) is 5.75 Å². The van der Waals surface area contributed by atoms with E-state index in [4.69, 9.17) is 5.73 Å². The third kappa shape index (κ3) is 3.13. The van der Waals surface area contributed by atoms with Gasteiger partial charge in [-0.05, 0) is 34.0 Å². The van der Waals surface area contributed by atoms with Gasteiger partial charge in [-0.15, -0.1) is 0 Å². The summed E-state index contributed by atoms with van der Waals surface area (Å²) in [6, 6.07) is 4.05. The molecule has 0 fully saturated rings. The molecule has 0 bridgehead atoms. The fraction of sp³-hybridized carbons (Fsp3) is 0.375. The Balaban J connectivity index is 2.58. The van der Waals surface area contributed by atoms with Crippen molar-refractivity contribution in [3.63, 3.8) is 0 Å². The van der Waals surface area contributed by atoms with E-state index >= 15 is 0 Å². The summed E-state index contributed by atoms with van der Waals surface area (Å²) in [6.45, 7) is 0. The summed E-state index contributed by atoms with van der Waals surface area (Å²) in [5, 5.41) is 0. The smallest absolute Gasteiger partial charge is 0.106 e. The Labute approximate surface area is 86.1 Å². The molecule has 1 atom stereocenters. The Morgan fingerprint density at radius 3 is 2.83 bits per heavy atom. The summed E-state index contributed by atoms with van der Waals surface area (Å²) in [6.07, 6.45) is 2.66. The lowest BCUT2D eigenvalue weighted by Gasteiger charge is -2.06. The molecule has 1 aromatic heterocycles. The van der Waals surface area contributed by atoms with Gasteiger partial charge in [-0.3, -0.25) is 0 Å². The molecule has 1 rings (SSSR count). The molecule has 0 saturated heterocycles. The Morgan fingerprint density at radius 1 is 1.58 bits per heavy atom. The summed E-state index contributed by atoms with van der Waals surface area (Å²) >= 11 is 7.38. The predicted molar refractivity (Wildman–Crippen MR) is 57.5 cm³/mol. The van der Waals surface area contributed by atoms with Crippen LogP contribution in [0.15, 0.2) is 22.9 Å². The molecule has 0 spiro atoms. The molecule has 0 aliphatic heterocycles. The van der Waals surface area contributed by atoms with E-state index in [1.807, 2.05) is 18.3 Å². The third-order valence-corrected chi connectivity index (χ3v) is 2.46. The number of halogens is 1. The fourth-order valence-electron chi connectivity index (χ4n) is 0.894. The highest BCUT2D eigenvalue weighted by atomic mass is 79.9. The lowest BCUT2D eigenvalue weighted by molar-refractivity contribution is 0.748. The van der Waals surface area contributed by atoms with Gasteiger partial charge in [0.15, 0.2) is 0 Å². The monoisotopic (exact) mass is 246 g/mol. The molecule has 1 aromatic rings. The summed E-state index contributed by atoms with van der Waals surface area (Å²) in [5.41, 5.74) is 6.88. The van der Waals surface area contributed by atoms with Crippen molar-refractivity contribution in [1.29, 1.82) is 0 Å². The quantitative estimate of drug-likeness (QED) is 0.629. The largest absolute Gasteiger partial charge is 0.327 e. The second-order valence-corrected chi connectivity index (χ2v) is 3.81. The topological polar surface area (TPSA) is 38.9 Å². The van der Waals surface area contributed by atoms with Crippen molar-refractivity contribution in [3.8, 4) is 0 Å². The van der Waals surface area contributed by atoms with E-state index in [-0.39, 0.29) is 6.04 Å². The van der Waals surface area contributed by atoms with Gasteiger partial charge in [0, 0.05) is 18.0 Å². The van der Waals surface area contributed by atoms with Gasteiger partial charge in [-0.25, -0.2) is 4.98 Å². The first kappa shape index (κ1) is 10.0. The maximum absolute atomic E-state index is 5.73. The van der Waals surface area contributed by atoms with Crippen molar-refractivity contribution in [1.82, 2.24) is 4.98 Å². The molecule has 66 valence electrons. The molecule has 0 amide bonds. The van der Waals surface area contributed by atoms with E-state index in [9.17, 15) is 0 Å². The van der Waals surface area contributed by atoms with Crippen LogP contribution in [0.3, 0.4) is 0 Å². The molecule has 1 unspecified atom stereocenters. The van der Waals surface area contributed by atoms with E-state index in [0.717, 1.165) is 16.6 Å². The fourth-order valence-corrected chi connectivity index (χ4v) is 1.26. The SMILES string of the molecule is NC(CS)Cc1ccc(Br)nc1. The number of hydrogen-bond acceptors (Lipinski definition) is 3. The third-order valence-electron chi connectivity index (χ3n) is 1.52. The van der Waals surface area contributed by atoms with Crippen molar-refractivity contribution in [2.45, 2.75) is 12.5 Å². The van der Waals surface area contributed by atoms with Gasteiger partial charge in [0.2, 0.25) is 0 Å². The number of aromatic nitrogens is 1. The lowest BCUT2D eigenvalue weighted by atomic mass is 10.1. The van der Waals surface area contributed by atoms with Crippen LogP contribution in [0.4, 0.5) is 0 Å². The molecular weight excluding hydrogens is 236 g/mol. The minimum absolute atomic E-state index is 0.122. The van der Waals surface area contributed by atoms with Crippen molar-refractivity contribution in [2.24, 2.45) is 5.73 Å². The Morgan fingerprint density at radius 2 is 2.33 bits per heavy atom. The normalized spacial score (nSPS) is 12.9. The number of pyridine rings is 1. The van der Waals surface area contributed by atoms with Crippen LogP contribution < -0.4 is 5.73 Å². The van der Waals surface area contributed by atoms with Crippen LogP contribution >= 0.6 is 28.6 Å². The molecule has 2 N–H and O–H groups in total. The van der Waals surface area contributed by atoms with E-state index in [1.165, 1.54) is 0 Å². The summed E-state index contributed by atoms with van der Waals surface area (Å²) in [7, 11) is 0. The second-order valence-electron chi connectivity index (χ2n) is 2.64. The van der Waals surface area contributed by atoms with Crippen LogP contribution in [0.1, 0.15) is 5.56 Å². The zero-order chi connectivity index (χ0) is 8.97. The van der Waals surface area contributed by atoms with Gasteiger partial charge in [-0.2, -0.15) is 12.6 Å². The Bertz CT molecular complexity index is 237. The number of rotatable bonds is 3. The molecule has 0 aromatic carbocycles. The van der Waals surface area contributed by atoms with Crippen molar-refractivity contribution in [2.75, 3.05) is 5.75 Å². The highest BCUT2D eigenvalue weighted by Crippen LogP contribution is 2.07. The molecule has 1 heterocycles. The van der Waals surface area contributed by atoms with Crippen LogP contribution in [0.5, 0.6) is 0 Å². The molecule has 4 heteroatoms. The Kier molecular flexibility index (Phi) is 4.05. The Hall–Kier alpha value is -0.0600. The molecule has 2 nitrogen and oxygen atoms in total. The molecule has 0 saturated carbocycles. The van der Waals surface area contributed by atoms with Crippen LogP contribution in [0.25, 0.3) is 0 Å². The summed E-state index contributed by atoms with van der Waals surface area (Å²) in [5.74, 6) is 0.704. The van der Waals surface area contributed by atoms with Crippen LogP contribution in [0, 0.1) is 0 Å². The van der Waals surface area contributed by atoms with E-state index < -0.39 is 0 Å². The standard InChI is InChI=1S/C8H11BrN2S/c9-8-2-1-6(4-11-8)3-7(10)5-12/h1-2,4,7,12H,3,5,10H2. The van der Waals surface area contributed by atoms with Gasteiger partial charge in [-0.1, -0.05) is 6.07 Å². The molecule has 12 heavy (non-hydrogen) atoms. The first-order chi connectivity index (χ1) is 5.72. The summed E-state index contributed by atoms with van der Waals surface area (Å²) in [4.78, 5) is 4.10. The highest BCUT2D eigenvalue weighted by molar-refractivity contribution is 9.10. The average molecular weight is 247 g/mol. The van der Waals surface area contributed by atoms with Gasteiger partial charge < -0.3 is 5.73 Å².